The second-order valence-electron chi connectivity index (χ2n) is 4.43. The van der Waals surface area contributed by atoms with Crippen LogP contribution in [0.1, 0.15) is 18.2 Å². The van der Waals surface area contributed by atoms with Crippen molar-refractivity contribution >= 4 is 15.9 Å². The van der Waals surface area contributed by atoms with Crippen LogP contribution in [0, 0.1) is 11.6 Å². The van der Waals surface area contributed by atoms with E-state index in [4.69, 9.17) is 4.74 Å². The molecule has 0 unspecified atom stereocenters. The Morgan fingerprint density at radius 3 is 2.76 bits per heavy atom. The molecule has 0 saturated heterocycles. The van der Waals surface area contributed by atoms with Gasteiger partial charge >= 0.3 is 0 Å². The Morgan fingerprint density at radius 1 is 1.29 bits per heavy atom. The number of hydrogen-bond acceptors (Lipinski definition) is 3. The van der Waals surface area contributed by atoms with E-state index < -0.39 is 11.6 Å². The maximum atomic E-state index is 13.5. The molecule has 1 heterocycles. The minimum absolute atomic E-state index is 0.0777. The molecule has 0 atom stereocenters. The molecule has 2 rings (SSSR count). The SMILES string of the molecule is CCNCc1ccc(COc2cc(Br)cc(F)c2F)nc1. The Kier molecular flexibility index (Phi) is 5.64. The van der Waals surface area contributed by atoms with E-state index in [1.165, 1.54) is 6.07 Å². The molecule has 1 aromatic carbocycles. The zero-order chi connectivity index (χ0) is 15.2. The molecule has 0 saturated carbocycles. The first-order valence-electron chi connectivity index (χ1n) is 6.52. The lowest BCUT2D eigenvalue weighted by atomic mass is 10.2. The van der Waals surface area contributed by atoms with Crippen LogP contribution in [-0.4, -0.2) is 11.5 Å². The summed E-state index contributed by atoms with van der Waals surface area (Å²) in [4.78, 5) is 4.23. The summed E-state index contributed by atoms with van der Waals surface area (Å²) in [6.45, 7) is 3.74. The van der Waals surface area contributed by atoms with Crippen molar-refractivity contribution < 1.29 is 13.5 Å². The third-order valence-corrected chi connectivity index (χ3v) is 3.26. The summed E-state index contributed by atoms with van der Waals surface area (Å²) < 4.78 is 32.5. The average Bonchev–Trinajstić information content (AvgIpc) is 2.48. The fraction of sp³-hybridized carbons (Fsp3) is 0.267. The van der Waals surface area contributed by atoms with Crippen molar-refractivity contribution in [2.75, 3.05) is 6.54 Å². The highest BCUT2D eigenvalue weighted by Gasteiger charge is 2.11. The maximum absolute atomic E-state index is 13.5. The standard InChI is InChI=1S/C15H15BrF2N2O/c1-2-19-7-10-3-4-12(20-8-10)9-21-14-6-11(16)5-13(17)15(14)18/h3-6,8,19H,2,7,9H2,1H3. The quantitative estimate of drug-likeness (QED) is 0.799. The summed E-state index contributed by atoms with van der Waals surface area (Å²) >= 11 is 3.10. The van der Waals surface area contributed by atoms with Crippen molar-refractivity contribution in [3.05, 3.63) is 57.8 Å². The van der Waals surface area contributed by atoms with Gasteiger partial charge in [0.05, 0.1) is 5.69 Å². The van der Waals surface area contributed by atoms with Gasteiger partial charge in [0.15, 0.2) is 11.6 Å². The number of pyridine rings is 1. The highest BCUT2D eigenvalue weighted by molar-refractivity contribution is 9.10. The van der Waals surface area contributed by atoms with Crippen LogP contribution < -0.4 is 10.1 Å². The number of hydrogen-bond donors (Lipinski definition) is 1. The monoisotopic (exact) mass is 356 g/mol. The number of nitrogens with zero attached hydrogens (tertiary/aromatic N) is 1. The van der Waals surface area contributed by atoms with Crippen molar-refractivity contribution in [2.24, 2.45) is 0 Å². The van der Waals surface area contributed by atoms with Gasteiger partial charge in [0.2, 0.25) is 5.82 Å². The molecule has 21 heavy (non-hydrogen) atoms. The molecule has 3 nitrogen and oxygen atoms in total. The molecule has 1 aromatic heterocycles. The largest absolute Gasteiger partial charge is 0.484 e. The molecule has 0 aliphatic heterocycles. The molecule has 2 aromatic rings. The predicted molar refractivity (Wildman–Crippen MR) is 80.0 cm³/mol. The van der Waals surface area contributed by atoms with E-state index in [1.807, 2.05) is 13.0 Å². The lowest BCUT2D eigenvalue weighted by Gasteiger charge is -2.08. The van der Waals surface area contributed by atoms with Crippen LogP contribution in [0.25, 0.3) is 0 Å². The second kappa shape index (κ2) is 7.47. The summed E-state index contributed by atoms with van der Waals surface area (Å²) in [6, 6.07) is 6.17. The van der Waals surface area contributed by atoms with Gasteiger partial charge in [-0.25, -0.2) is 4.39 Å². The van der Waals surface area contributed by atoms with E-state index in [0.717, 1.165) is 24.7 Å². The number of benzene rings is 1. The summed E-state index contributed by atoms with van der Waals surface area (Å²) in [6.07, 6.45) is 1.74. The number of ether oxygens (including phenoxy) is 1. The maximum Gasteiger partial charge on any atom is 0.200 e. The van der Waals surface area contributed by atoms with Gasteiger partial charge in [-0.3, -0.25) is 4.98 Å². The summed E-state index contributed by atoms with van der Waals surface area (Å²) in [5, 5.41) is 3.19. The molecule has 1 N–H and O–H groups in total. The Labute approximate surface area is 130 Å². The summed E-state index contributed by atoms with van der Waals surface area (Å²) in [5.74, 6) is -2.09. The molecule has 0 amide bonds. The topological polar surface area (TPSA) is 34.1 Å². The van der Waals surface area contributed by atoms with E-state index in [1.54, 1.807) is 12.3 Å². The lowest BCUT2D eigenvalue weighted by Crippen LogP contribution is -2.12. The first-order chi connectivity index (χ1) is 10.1. The van der Waals surface area contributed by atoms with Crippen LogP contribution >= 0.6 is 15.9 Å². The average molecular weight is 357 g/mol. The zero-order valence-corrected chi connectivity index (χ0v) is 13.1. The Morgan fingerprint density at radius 2 is 2.10 bits per heavy atom. The molecule has 6 heteroatoms. The van der Waals surface area contributed by atoms with Crippen molar-refractivity contribution in [1.82, 2.24) is 10.3 Å². The minimum Gasteiger partial charge on any atom is -0.484 e. The number of rotatable bonds is 6. The number of halogens is 3. The lowest BCUT2D eigenvalue weighted by molar-refractivity contribution is 0.280. The highest BCUT2D eigenvalue weighted by Crippen LogP contribution is 2.25. The smallest absolute Gasteiger partial charge is 0.200 e. The van der Waals surface area contributed by atoms with Crippen LogP contribution in [0.2, 0.25) is 0 Å². The Balaban J connectivity index is 2.00. The van der Waals surface area contributed by atoms with Crippen LogP contribution in [0.15, 0.2) is 34.9 Å². The first kappa shape index (κ1) is 15.9. The van der Waals surface area contributed by atoms with Gasteiger partial charge in [0, 0.05) is 17.2 Å². The minimum atomic E-state index is -0.998. The Hall–Kier alpha value is -1.53. The number of aromatic nitrogens is 1. The molecule has 0 bridgehead atoms. The second-order valence-corrected chi connectivity index (χ2v) is 5.34. The van der Waals surface area contributed by atoms with E-state index in [9.17, 15) is 8.78 Å². The normalized spacial score (nSPS) is 10.7. The molecule has 0 aliphatic rings. The molecular formula is C15H15BrF2N2O. The molecule has 0 fully saturated rings. The van der Waals surface area contributed by atoms with Gasteiger partial charge in [-0.15, -0.1) is 0 Å². The third kappa shape index (κ3) is 4.47. The molecule has 112 valence electrons. The van der Waals surface area contributed by atoms with Gasteiger partial charge in [-0.1, -0.05) is 28.9 Å². The van der Waals surface area contributed by atoms with Gasteiger partial charge in [-0.05, 0) is 30.3 Å². The van der Waals surface area contributed by atoms with Gasteiger partial charge in [-0.2, -0.15) is 4.39 Å². The van der Waals surface area contributed by atoms with Crippen molar-refractivity contribution in [1.29, 1.82) is 0 Å². The zero-order valence-electron chi connectivity index (χ0n) is 11.5. The molecule has 0 aliphatic carbocycles. The van der Waals surface area contributed by atoms with Gasteiger partial charge < -0.3 is 10.1 Å². The van der Waals surface area contributed by atoms with Crippen LogP contribution in [0.3, 0.4) is 0 Å². The summed E-state index contributed by atoms with van der Waals surface area (Å²) in [7, 11) is 0. The van der Waals surface area contributed by atoms with Crippen LogP contribution in [0.5, 0.6) is 5.75 Å². The third-order valence-electron chi connectivity index (χ3n) is 2.80. The highest BCUT2D eigenvalue weighted by atomic mass is 79.9. The number of nitrogens with one attached hydrogen (secondary N) is 1. The van der Waals surface area contributed by atoms with Crippen LogP contribution in [-0.2, 0) is 13.2 Å². The van der Waals surface area contributed by atoms with Crippen molar-refractivity contribution in [2.45, 2.75) is 20.1 Å². The van der Waals surface area contributed by atoms with Crippen LogP contribution in [0.4, 0.5) is 8.78 Å². The van der Waals surface area contributed by atoms with E-state index in [-0.39, 0.29) is 12.4 Å². The van der Waals surface area contributed by atoms with Crippen molar-refractivity contribution in [3.63, 3.8) is 0 Å². The predicted octanol–water partition coefficient (Wildman–Crippen LogP) is 3.81. The van der Waals surface area contributed by atoms with Crippen molar-refractivity contribution in [3.8, 4) is 5.75 Å². The molecule has 0 spiro atoms. The van der Waals surface area contributed by atoms with Gasteiger partial charge in [0.1, 0.15) is 6.61 Å². The van der Waals surface area contributed by atoms with E-state index in [0.29, 0.717) is 10.2 Å². The molecule has 0 radical (unpaired) electrons. The van der Waals surface area contributed by atoms with E-state index >= 15 is 0 Å². The summed E-state index contributed by atoms with van der Waals surface area (Å²) in [5.41, 5.74) is 1.70. The fourth-order valence-corrected chi connectivity index (χ4v) is 2.11. The Bertz CT molecular complexity index is 605. The molecular weight excluding hydrogens is 342 g/mol. The fourth-order valence-electron chi connectivity index (χ4n) is 1.70. The first-order valence-corrected chi connectivity index (χ1v) is 7.31. The van der Waals surface area contributed by atoms with E-state index in [2.05, 4.69) is 26.2 Å². The van der Waals surface area contributed by atoms with Gasteiger partial charge in [0.25, 0.3) is 0 Å².